The number of ether oxygens (including phenoxy) is 2. The van der Waals surface area contributed by atoms with E-state index in [0.717, 1.165) is 83.8 Å². The smallest absolute Gasteiger partial charge is 0.306 e. The van der Waals surface area contributed by atoms with Gasteiger partial charge in [-0.3, -0.25) is 9.59 Å². The fraction of sp³-hybridized carbons (Fsp3) is 0.951. The standard InChI is InChI=1S/C41H77NO5/c1-6-8-16-22-35(23-17-9-7-2)27-33-46-38(44)24-18-12-10-14-20-29-42(31-32-43)30-21-15-11-13-19-25-39(45)47-37-34-36-26-28-41(37,5)40(36,3)4/h35-37,43H,6-34H2,1-5H3/t36-,37+,41+/m1/s1. The van der Waals surface area contributed by atoms with E-state index in [2.05, 4.69) is 39.5 Å². The molecule has 0 saturated heterocycles. The van der Waals surface area contributed by atoms with Crippen LogP contribution in [0.25, 0.3) is 0 Å². The lowest BCUT2D eigenvalue weighted by molar-refractivity contribution is -0.157. The molecule has 2 aliphatic carbocycles. The van der Waals surface area contributed by atoms with Gasteiger partial charge in [-0.15, -0.1) is 0 Å². The van der Waals surface area contributed by atoms with Crippen molar-refractivity contribution in [2.24, 2.45) is 22.7 Å². The summed E-state index contributed by atoms with van der Waals surface area (Å²) in [5, 5.41) is 9.53. The second kappa shape index (κ2) is 24.1. The number of unbranched alkanes of at least 4 members (excludes halogenated alkanes) is 12. The van der Waals surface area contributed by atoms with Gasteiger partial charge in [0, 0.05) is 24.8 Å². The van der Waals surface area contributed by atoms with Crippen LogP contribution in [0.15, 0.2) is 0 Å². The molecule has 0 unspecified atom stereocenters. The van der Waals surface area contributed by atoms with Crippen LogP contribution in [0.3, 0.4) is 0 Å². The molecule has 2 fully saturated rings. The molecule has 2 saturated carbocycles. The predicted octanol–water partition coefficient (Wildman–Crippen LogP) is 10.4. The number of aliphatic hydroxyl groups is 1. The van der Waals surface area contributed by atoms with Crippen molar-refractivity contribution in [1.29, 1.82) is 0 Å². The summed E-state index contributed by atoms with van der Waals surface area (Å²) in [7, 11) is 0. The Morgan fingerprint density at radius 2 is 1.28 bits per heavy atom. The highest BCUT2D eigenvalue weighted by molar-refractivity contribution is 5.69. The molecule has 0 spiro atoms. The number of carbonyl (C=O) groups excluding carboxylic acids is 2. The summed E-state index contributed by atoms with van der Waals surface area (Å²) in [5.41, 5.74) is 0.428. The summed E-state index contributed by atoms with van der Waals surface area (Å²) in [6, 6.07) is 0. The first-order valence-electron chi connectivity index (χ1n) is 20.4. The predicted molar refractivity (Wildman–Crippen MR) is 195 cm³/mol. The van der Waals surface area contributed by atoms with E-state index in [4.69, 9.17) is 9.47 Å². The molecule has 6 heteroatoms. The fourth-order valence-electron chi connectivity index (χ4n) is 8.48. The Labute approximate surface area is 290 Å². The lowest BCUT2D eigenvalue weighted by Crippen LogP contribution is -2.38. The Morgan fingerprint density at radius 1 is 0.723 bits per heavy atom. The van der Waals surface area contributed by atoms with E-state index < -0.39 is 0 Å². The highest BCUT2D eigenvalue weighted by Gasteiger charge is 2.62. The molecule has 3 atom stereocenters. The average Bonchev–Trinajstić information content (AvgIpc) is 3.37. The van der Waals surface area contributed by atoms with Gasteiger partial charge in [0.1, 0.15) is 6.10 Å². The minimum absolute atomic E-state index is 0.00307. The first kappa shape index (κ1) is 42.0. The number of nitrogens with zero attached hydrogens (tertiary/aromatic N) is 1. The van der Waals surface area contributed by atoms with E-state index in [1.54, 1.807) is 0 Å². The van der Waals surface area contributed by atoms with Crippen LogP contribution in [0, 0.1) is 22.7 Å². The van der Waals surface area contributed by atoms with Gasteiger partial charge in [0.25, 0.3) is 0 Å². The monoisotopic (exact) mass is 664 g/mol. The van der Waals surface area contributed by atoms with E-state index in [9.17, 15) is 14.7 Å². The summed E-state index contributed by atoms with van der Waals surface area (Å²) >= 11 is 0. The summed E-state index contributed by atoms with van der Waals surface area (Å²) in [4.78, 5) is 27.2. The minimum Gasteiger partial charge on any atom is -0.466 e. The molecule has 0 aromatic rings. The van der Waals surface area contributed by atoms with Gasteiger partial charge in [-0.2, -0.15) is 0 Å². The lowest BCUT2D eigenvalue weighted by Gasteiger charge is -2.38. The van der Waals surface area contributed by atoms with Gasteiger partial charge < -0.3 is 19.5 Å². The van der Waals surface area contributed by atoms with Crippen molar-refractivity contribution in [2.45, 2.75) is 195 Å². The molecule has 2 aliphatic rings. The van der Waals surface area contributed by atoms with Crippen LogP contribution in [0.2, 0.25) is 0 Å². The Bertz CT molecular complexity index is 821. The zero-order valence-electron chi connectivity index (χ0n) is 31.8. The third kappa shape index (κ3) is 15.5. The van der Waals surface area contributed by atoms with Gasteiger partial charge in [-0.05, 0) is 81.7 Å². The molecule has 1 N–H and O–H groups in total. The maximum absolute atomic E-state index is 12.5. The van der Waals surface area contributed by atoms with E-state index in [0.29, 0.717) is 31.3 Å². The molecular weight excluding hydrogens is 586 g/mol. The second-order valence-electron chi connectivity index (χ2n) is 16.1. The van der Waals surface area contributed by atoms with Crippen LogP contribution in [0.4, 0.5) is 0 Å². The highest BCUT2D eigenvalue weighted by Crippen LogP contribution is 2.66. The number of fused-ring (bicyclic) bond motifs is 2. The van der Waals surface area contributed by atoms with Gasteiger partial charge in [0.2, 0.25) is 0 Å². The number of rotatable bonds is 30. The van der Waals surface area contributed by atoms with Gasteiger partial charge in [0.05, 0.1) is 13.2 Å². The average molecular weight is 664 g/mol. The Morgan fingerprint density at radius 3 is 1.79 bits per heavy atom. The lowest BCUT2D eigenvalue weighted by atomic mass is 9.70. The maximum atomic E-state index is 12.5. The number of carbonyl (C=O) groups is 2. The minimum atomic E-state index is -0.0193. The Kier molecular flexibility index (Phi) is 21.5. The van der Waals surface area contributed by atoms with Gasteiger partial charge >= 0.3 is 11.9 Å². The molecule has 0 aliphatic heterocycles. The van der Waals surface area contributed by atoms with Gasteiger partial charge in [-0.25, -0.2) is 0 Å². The third-order valence-electron chi connectivity index (χ3n) is 12.3. The molecule has 0 amide bonds. The van der Waals surface area contributed by atoms with Crippen LogP contribution in [0.5, 0.6) is 0 Å². The number of aliphatic hydroxyl groups excluding tert-OH is 1. The zero-order valence-corrected chi connectivity index (χ0v) is 31.8. The molecule has 276 valence electrons. The number of esters is 2. The molecule has 0 heterocycles. The fourth-order valence-corrected chi connectivity index (χ4v) is 8.48. The van der Waals surface area contributed by atoms with Crippen LogP contribution >= 0.6 is 0 Å². The molecule has 47 heavy (non-hydrogen) atoms. The van der Waals surface area contributed by atoms with Crippen molar-refractivity contribution >= 4 is 11.9 Å². The first-order chi connectivity index (χ1) is 22.7. The maximum Gasteiger partial charge on any atom is 0.306 e. The topological polar surface area (TPSA) is 76.1 Å². The van der Waals surface area contributed by atoms with Crippen LogP contribution in [-0.4, -0.2) is 60.9 Å². The van der Waals surface area contributed by atoms with Crippen LogP contribution in [-0.2, 0) is 19.1 Å². The van der Waals surface area contributed by atoms with Crippen molar-refractivity contribution in [3.63, 3.8) is 0 Å². The third-order valence-corrected chi connectivity index (χ3v) is 12.3. The number of hydrogen-bond donors (Lipinski definition) is 1. The molecule has 2 bridgehead atoms. The van der Waals surface area contributed by atoms with E-state index in [1.165, 1.54) is 77.0 Å². The quantitative estimate of drug-likeness (QED) is 0.0609. The van der Waals surface area contributed by atoms with Gasteiger partial charge in [-0.1, -0.05) is 125 Å². The van der Waals surface area contributed by atoms with Crippen molar-refractivity contribution < 1.29 is 24.2 Å². The van der Waals surface area contributed by atoms with E-state index in [-0.39, 0.29) is 35.5 Å². The van der Waals surface area contributed by atoms with Crippen LogP contribution in [0.1, 0.15) is 189 Å². The van der Waals surface area contributed by atoms with Crippen LogP contribution < -0.4 is 0 Å². The van der Waals surface area contributed by atoms with Crippen molar-refractivity contribution in [3.8, 4) is 0 Å². The van der Waals surface area contributed by atoms with Crippen molar-refractivity contribution in [3.05, 3.63) is 0 Å². The van der Waals surface area contributed by atoms with E-state index in [1.807, 2.05) is 0 Å². The van der Waals surface area contributed by atoms with Crippen molar-refractivity contribution in [1.82, 2.24) is 4.90 Å². The first-order valence-corrected chi connectivity index (χ1v) is 20.4. The SMILES string of the molecule is CCCCCC(CCCCC)CCOC(=O)CCCCCCCN(CCO)CCCCCCCC(=O)O[C@H]1C[C@H]2CC[C@]1(C)C2(C)C. The summed E-state index contributed by atoms with van der Waals surface area (Å²) in [6.07, 6.45) is 27.0. The number of hydrogen-bond acceptors (Lipinski definition) is 6. The second-order valence-corrected chi connectivity index (χ2v) is 16.1. The molecule has 6 nitrogen and oxygen atoms in total. The zero-order chi connectivity index (χ0) is 34.4. The molecule has 2 rings (SSSR count). The summed E-state index contributed by atoms with van der Waals surface area (Å²) < 4.78 is 11.6. The molecular formula is C41H77NO5. The summed E-state index contributed by atoms with van der Waals surface area (Å²) in [5.74, 6) is 1.39. The highest BCUT2D eigenvalue weighted by atomic mass is 16.5. The normalized spacial score (nSPS) is 21.6. The van der Waals surface area contributed by atoms with E-state index >= 15 is 0 Å². The molecule has 0 aromatic heterocycles. The largest absolute Gasteiger partial charge is 0.466 e. The molecule has 0 radical (unpaired) electrons. The molecule has 0 aromatic carbocycles. The summed E-state index contributed by atoms with van der Waals surface area (Å²) in [6.45, 7) is 15.2. The van der Waals surface area contributed by atoms with Crippen molar-refractivity contribution in [2.75, 3.05) is 32.8 Å². The Hall–Kier alpha value is -1.14. The van der Waals surface area contributed by atoms with Gasteiger partial charge in [0.15, 0.2) is 0 Å². The Balaban J connectivity index is 1.44.